The number of amides is 2. The molecule has 0 bridgehead atoms. The van der Waals surface area contributed by atoms with Gasteiger partial charge in [0.1, 0.15) is 30.5 Å². The number of fused-ring (bicyclic) bond motifs is 3. The molecule has 0 N–H and O–H groups in total. The van der Waals surface area contributed by atoms with Gasteiger partial charge in [0.2, 0.25) is 5.91 Å². The highest BCUT2D eigenvalue weighted by Crippen LogP contribution is 2.44. The van der Waals surface area contributed by atoms with Gasteiger partial charge in [0.25, 0.3) is 5.91 Å². The van der Waals surface area contributed by atoms with E-state index in [9.17, 15) is 9.59 Å². The Bertz CT molecular complexity index is 2260. The number of carbonyl (C=O) groups is 3. The van der Waals surface area contributed by atoms with Crippen LogP contribution in [0.2, 0.25) is 0 Å². The van der Waals surface area contributed by atoms with Crippen LogP contribution in [0.5, 0.6) is 17.2 Å². The van der Waals surface area contributed by atoms with E-state index in [1.54, 1.807) is 26.4 Å². The zero-order chi connectivity index (χ0) is 38.1. The van der Waals surface area contributed by atoms with Crippen LogP contribution in [-0.4, -0.2) is 69.5 Å². The molecule has 284 valence electrons. The van der Waals surface area contributed by atoms with Gasteiger partial charge in [0.15, 0.2) is 11.5 Å². The first-order valence-corrected chi connectivity index (χ1v) is 19.4. The zero-order valence-electron chi connectivity index (χ0n) is 30.8. The molecule has 1 fully saturated rings. The van der Waals surface area contributed by atoms with Gasteiger partial charge < -0.3 is 28.7 Å². The van der Waals surface area contributed by atoms with E-state index in [1.165, 1.54) is 0 Å². The minimum absolute atomic E-state index is 0.0107. The van der Waals surface area contributed by atoms with Crippen LogP contribution in [0.3, 0.4) is 0 Å². The Morgan fingerprint density at radius 2 is 1.71 bits per heavy atom. The van der Waals surface area contributed by atoms with Gasteiger partial charge in [-0.05, 0) is 72.9 Å². The molecule has 0 radical (unpaired) electrons. The highest BCUT2D eigenvalue weighted by atomic mass is 79.9. The summed E-state index contributed by atoms with van der Waals surface area (Å²) >= 11 is 3.79. The Hall–Kier alpha value is -5.43. The molecule has 3 aromatic carbocycles. The second-order valence-corrected chi connectivity index (χ2v) is 15.0. The van der Waals surface area contributed by atoms with Crippen molar-refractivity contribution in [1.82, 2.24) is 24.4 Å². The van der Waals surface area contributed by atoms with Crippen LogP contribution in [-0.2, 0) is 40.5 Å². The molecule has 3 aliphatic rings. The van der Waals surface area contributed by atoms with Gasteiger partial charge in [0.05, 0.1) is 32.1 Å². The summed E-state index contributed by atoms with van der Waals surface area (Å²) in [5, 5.41) is 8.64. The maximum absolute atomic E-state index is 15.0. The summed E-state index contributed by atoms with van der Waals surface area (Å²) in [4.78, 5) is 46.4. The van der Waals surface area contributed by atoms with E-state index in [-0.39, 0.29) is 31.6 Å². The van der Waals surface area contributed by atoms with E-state index in [2.05, 4.69) is 26.1 Å². The molecule has 1 saturated carbocycles. The van der Waals surface area contributed by atoms with Crippen molar-refractivity contribution in [3.05, 3.63) is 117 Å². The van der Waals surface area contributed by atoms with Crippen molar-refractivity contribution in [2.45, 2.75) is 57.9 Å². The Labute approximate surface area is 327 Å². The molecule has 8 rings (SSSR count). The molecule has 5 aromatic rings. The van der Waals surface area contributed by atoms with Crippen LogP contribution in [0, 0.1) is 11.8 Å². The van der Waals surface area contributed by atoms with E-state index in [0.29, 0.717) is 72.2 Å². The lowest BCUT2D eigenvalue weighted by Gasteiger charge is -2.43. The molecule has 2 amide bonds. The van der Waals surface area contributed by atoms with Gasteiger partial charge in [0, 0.05) is 53.1 Å². The van der Waals surface area contributed by atoms with Crippen molar-refractivity contribution in [2.24, 2.45) is 11.8 Å². The third-order valence-corrected chi connectivity index (χ3v) is 11.9. The molecule has 0 spiro atoms. The number of aromatic nitrogens is 3. The van der Waals surface area contributed by atoms with E-state index >= 15 is 4.79 Å². The molecule has 13 heteroatoms. The zero-order valence-corrected chi connectivity index (χ0v) is 32.4. The van der Waals surface area contributed by atoms with Crippen molar-refractivity contribution < 1.29 is 33.3 Å². The molecule has 3 atom stereocenters. The third kappa shape index (κ3) is 7.13. The van der Waals surface area contributed by atoms with Gasteiger partial charge in [-0.15, -0.1) is 10.2 Å². The molecular formula is C42H42BrN5O7. The number of rotatable bonds is 11. The maximum Gasteiger partial charge on any atom is 0.310 e. The predicted octanol–water partition coefficient (Wildman–Crippen LogP) is 6.72. The second kappa shape index (κ2) is 15.7. The van der Waals surface area contributed by atoms with Crippen molar-refractivity contribution in [3.63, 3.8) is 0 Å². The topological polar surface area (TPSA) is 125 Å². The van der Waals surface area contributed by atoms with Crippen LogP contribution in [0.15, 0.2) is 83.5 Å². The van der Waals surface area contributed by atoms with Crippen molar-refractivity contribution in [2.75, 3.05) is 27.3 Å². The summed E-state index contributed by atoms with van der Waals surface area (Å²) in [6.45, 7) is 1.27. The summed E-state index contributed by atoms with van der Waals surface area (Å²) in [7, 11) is 3.14. The fraction of sp³-hybridized carbons (Fsp3) is 0.357. The number of hydrogen-bond acceptors (Lipinski definition) is 9. The number of methoxy groups -OCH3 is 2. The molecular weight excluding hydrogens is 766 g/mol. The molecule has 2 aliphatic heterocycles. The standard InChI is InChI=1S/C42H42BrN5O7/c1-52-28-15-14-27(36(21-28)53-2)24-55-42(51)31-12-6-5-11-30(31)41(50)47-20-18-32-33(43)16-17-35(54-25-38-45-44-37-13-7-8-19-48(37)38)39(32)34(47)23-46-22-26-9-3-4-10-29(26)40(46)49/h3-4,7-10,13-17,19,21,30-31,34H,5-6,11-12,18,20,22-25H2,1-2H3. The normalized spacial score (nSPS) is 19.2. The number of esters is 1. The van der Waals surface area contributed by atoms with Crippen LogP contribution in [0.4, 0.5) is 0 Å². The Morgan fingerprint density at radius 1 is 0.891 bits per heavy atom. The fourth-order valence-corrected chi connectivity index (χ4v) is 8.85. The number of ether oxygens (including phenoxy) is 4. The van der Waals surface area contributed by atoms with Crippen LogP contribution < -0.4 is 14.2 Å². The monoisotopic (exact) mass is 807 g/mol. The number of pyridine rings is 1. The number of benzene rings is 3. The van der Waals surface area contributed by atoms with Crippen LogP contribution in [0.25, 0.3) is 5.65 Å². The minimum Gasteiger partial charge on any atom is -0.497 e. The Kier molecular flexibility index (Phi) is 10.5. The fourth-order valence-electron chi connectivity index (χ4n) is 8.31. The largest absolute Gasteiger partial charge is 0.497 e. The quantitative estimate of drug-likeness (QED) is 0.134. The van der Waals surface area contributed by atoms with Gasteiger partial charge in [-0.1, -0.05) is 53.0 Å². The van der Waals surface area contributed by atoms with Crippen molar-refractivity contribution >= 4 is 39.4 Å². The Balaban J connectivity index is 1.10. The molecule has 1 aliphatic carbocycles. The van der Waals surface area contributed by atoms with Crippen LogP contribution >= 0.6 is 15.9 Å². The molecule has 3 unspecified atom stereocenters. The summed E-state index contributed by atoms with van der Waals surface area (Å²) in [5.74, 6) is 0.654. The van der Waals surface area contributed by atoms with E-state index < -0.39 is 23.8 Å². The molecule has 2 aromatic heterocycles. The maximum atomic E-state index is 15.0. The number of carbonyl (C=O) groups excluding carboxylic acids is 3. The van der Waals surface area contributed by atoms with Gasteiger partial charge >= 0.3 is 5.97 Å². The van der Waals surface area contributed by atoms with Gasteiger partial charge in [-0.25, -0.2) is 0 Å². The Morgan fingerprint density at radius 3 is 2.53 bits per heavy atom. The molecule has 55 heavy (non-hydrogen) atoms. The molecule has 0 saturated heterocycles. The lowest BCUT2D eigenvalue weighted by molar-refractivity contribution is -0.159. The number of halogens is 1. The SMILES string of the molecule is COc1ccc(COC(=O)C2CCCCC2C(=O)N2CCc3c(Br)ccc(OCc4nnc5ccccn45)c3C2CN2Cc3ccccc3C2=O)c(OC)c1. The highest BCUT2D eigenvalue weighted by Gasteiger charge is 2.44. The molecule has 12 nitrogen and oxygen atoms in total. The lowest BCUT2D eigenvalue weighted by Crippen LogP contribution is -2.50. The third-order valence-electron chi connectivity index (χ3n) is 11.1. The first-order chi connectivity index (χ1) is 26.8. The smallest absolute Gasteiger partial charge is 0.310 e. The summed E-state index contributed by atoms with van der Waals surface area (Å²) in [6.07, 6.45) is 5.23. The van der Waals surface area contributed by atoms with E-state index in [4.69, 9.17) is 18.9 Å². The summed E-state index contributed by atoms with van der Waals surface area (Å²) < 4.78 is 26.1. The minimum atomic E-state index is -0.607. The first-order valence-electron chi connectivity index (χ1n) is 18.6. The summed E-state index contributed by atoms with van der Waals surface area (Å²) in [6, 6.07) is 22.0. The average Bonchev–Trinajstić information content (AvgIpc) is 3.79. The molecule has 4 heterocycles. The van der Waals surface area contributed by atoms with Crippen molar-refractivity contribution in [3.8, 4) is 17.2 Å². The number of nitrogens with zero attached hydrogens (tertiary/aromatic N) is 5. The van der Waals surface area contributed by atoms with Gasteiger partial charge in [-0.2, -0.15) is 0 Å². The average molecular weight is 809 g/mol. The van der Waals surface area contributed by atoms with Gasteiger partial charge in [-0.3, -0.25) is 18.8 Å². The van der Waals surface area contributed by atoms with E-state index in [0.717, 1.165) is 34.0 Å². The highest BCUT2D eigenvalue weighted by molar-refractivity contribution is 9.10. The first kappa shape index (κ1) is 36.5. The summed E-state index contributed by atoms with van der Waals surface area (Å²) in [5.41, 5.74) is 4.91. The van der Waals surface area contributed by atoms with E-state index in [1.807, 2.05) is 81.1 Å². The lowest BCUT2D eigenvalue weighted by atomic mass is 9.77. The van der Waals surface area contributed by atoms with Crippen LogP contribution in [0.1, 0.15) is 70.2 Å². The number of hydrogen-bond donors (Lipinski definition) is 0. The van der Waals surface area contributed by atoms with Crippen molar-refractivity contribution in [1.29, 1.82) is 0 Å². The predicted molar refractivity (Wildman–Crippen MR) is 206 cm³/mol. The second-order valence-electron chi connectivity index (χ2n) is 14.2.